The zero-order valence-electron chi connectivity index (χ0n) is 10.3. The molecule has 0 fully saturated rings. The van der Waals surface area contributed by atoms with Crippen LogP contribution in [0.3, 0.4) is 0 Å². The first-order valence-corrected chi connectivity index (χ1v) is 6.47. The fourth-order valence-corrected chi connectivity index (χ4v) is 2.37. The van der Waals surface area contributed by atoms with E-state index in [9.17, 15) is 0 Å². The van der Waals surface area contributed by atoms with Crippen LogP contribution in [-0.2, 0) is 0 Å². The highest BCUT2D eigenvalue weighted by atomic mass is 35.5. The number of nitrogens with zero attached hydrogens (tertiary/aromatic N) is 2. The molecule has 2 aromatic rings. The number of aryl methyl sites for hydroxylation is 1. The minimum absolute atomic E-state index is 0.120. The van der Waals surface area contributed by atoms with Crippen LogP contribution in [0.4, 0.5) is 0 Å². The van der Waals surface area contributed by atoms with E-state index in [1.807, 2.05) is 38.1 Å². The quantitative estimate of drug-likeness (QED) is 0.938. The second-order valence-electron chi connectivity index (χ2n) is 4.37. The first kappa shape index (κ1) is 13.4. The number of halogens is 2. The molecule has 1 aromatic heterocycles. The van der Waals surface area contributed by atoms with Gasteiger partial charge < -0.3 is 5.73 Å². The van der Waals surface area contributed by atoms with Crippen LogP contribution in [0.1, 0.15) is 24.2 Å². The molecule has 0 bridgehead atoms. The molecule has 18 heavy (non-hydrogen) atoms. The number of hydrogen-bond donors (Lipinski definition) is 1. The molecule has 1 heterocycles. The Morgan fingerprint density at radius 2 is 1.89 bits per heavy atom. The molecule has 0 amide bonds. The average Bonchev–Trinajstić information content (AvgIpc) is 2.61. The van der Waals surface area contributed by atoms with Gasteiger partial charge in [0.25, 0.3) is 0 Å². The Morgan fingerprint density at radius 3 is 2.39 bits per heavy atom. The lowest BCUT2D eigenvalue weighted by Crippen LogP contribution is -2.30. The number of hydrogen-bond acceptors (Lipinski definition) is 2. The topological polar surface area (TPSA) is 43.8 Å². The van der Waals surface area contributed by atoms with Crippen molar-refractivity contribution in [3.8, 4) is 0 Å². The van der Waals surface area contributed by atoms with Gasteiger partial charge in [-0.3, -0.25) is 4.68 Å². The summed E-state index contributed by atoms with van der Waals surface area (Å²) in [5, 5.41) is 5.71. The van der Waals surface area contributed by atoms with Gasteiger partial charge in [-0.15, -0.1) is 0 Å². The van der Waals surface area contributed by atoms with Crippen molar-refractivity contribution >= 4 is 23.2 Å². The molecule has 0 radical (unpaired) electrons. The standard InChI is InChI=1S/C13H15Cl2N3/c1-8(16)13(10-5-3-4-6-11(10)14)18-7-12(15)9(2)17-18/h3-8,13H,16H2,1-2H3. The van der Waals surface area contributed by atoms with Gasteiger partial charge in [0, 0.05) is 17.3 Å². The van der Waals surface area contributed by atoms with Gasteiger partial charge in [0.15, 0.2) is 0 Å². The third kappa shape index (κ3) is 2.53. The highest BCUT2D eigenvalue weighted by Gasteiger charge is 2.22. The van der Waals surface area contributed by atoms with Crippen molar-refractivity contribution in [2.75, 3.05) is 0 Å². The summed E-state index contributed by atoms with van der Waals surface area (Å²) in [6.45, 7) is 3.79. The average molecular weight is 284 g/mol. The van der Waals surface area contributed by atoms with E-state index in [0.29, 0.717) is 10.0 Å². The van der Waals surface area contributed by atoms with Gasteiger partial charge in [0.1, 0.15) is 0 Å². The Balaban J connectivity index is 2.50. The molecule has 2 N–H and O–H groups in total. The predicted molar refractivity (Wildman–Crippen MR) is 75.2 cm³/mol. The summed E-state index contributed by atoms with van der Waals surface area (Å²) in [6.07, 6.45) is 1.79. The summed E-state index contributed by atoms with van der Waals surface area (Å²) >= 11 is 12.3. The lowest BCUT2D eigenvalue weighted by molar-refractivity contribution is 0.452. The fraction of sp³-hybridized carbons (Fsp3) is 0.308. The minimum atomic E-state index is -0.125. The maximum absolute atomic E-state index is 6.23. The monoisotopic (exact) mass is 283 g/mol. The molecule has 96 valence electrons. The Hall–Kier alpha value is -1.03. The van der Waals surface area contributed by atoms with Crippen molar-refractivity contribution < 1.29 is 0 Å². The summed E-state index contributed by atoms with van der Waals surface area (Å²) in [5.41, 5.74) is 7.80. The molecule has 5 heteroatoms. The zero-order valence-corrected chi connectivity index (χ0v) is 11.8. The SMILES string of the molecule is Cc1nn(C(c2ccccc2Cl)C(C)N)cc1Cl. The van der Waals surface area contributed by atoms with Crippen molar-refractivity contribution in [1.82, 2.24) is 9.78 Å². The van der Waals surface area contributed by atoms with Crippen LogP contribution in [0.5, 0.6) is 0 Å². The number of aromatic nitrogens is 2. The molecule has 0 aliphatic rings. The first-order chi connectivity index (χ1) is 8.50. The molecule has 0 aliphatic carbocycles. The van der Waals surface area contributed by atoms with Gasteiger partial charge in [0.2, 0.25) is 0 Å². The Labute approximate surface area is 117 Å². The van der Waals surface area contributed by atoms with Crippen LogP contribution < -0.4 is 5.73 Å². The molecule has 0 spiro atoms. The summed E-state index contributed by atoms with van der Waals surface area (Å²) in [5.74, 6) is 0. The Morgan fingerprint density at radius 1 is 1.22 bits per heavy atom. The zero-order chi connectivity index (χ0) is 13.3. The second-order valence-corrected chi connectivity index (χ2v) is 5.18. The van der Waals surface area contributed by atoms with Crippen molar-refractivity contribution in [2.24, 2.45) is 5.73 Å². The van der Waals surface area contributed by atoms with Gasteiger partial charge in [-0.2, -0.15) is 5.10 Å². The van der Waals surface area contributed by atoms with E-state index >= 15 is 0 Å². The molecule has 2 atom stereocenters. The van der Waals surface area contributed by atoms with Gasteiger partial charge >= 0.3 is 0 Å². The largest absolute Gasteiger partial charge is 0.326 e. The molecule has 0 saturated heterocycles. The maximum Gasteiger partial charge on any atom is 0.0931 e. The summed E-state index contributed by atoms with van der Waals surface area (Å²) in [6, 6.07) is 7.40. The summed E-state index contributed by atoms with van der Waals surface area (Å²) < 4.78 is 1.78. The smallest absolute Gasteiger partial charge is 0.0931 e. The third-order valence-corrected chi connectivity index (χ3v) is 3.58. The van der Waals surface area contributed by atoms with Crippen molar-refractivity contribution in [3.05, 3.63) is 51.8 Å². The highest BCUT2D eigenvalue weighted by molar-refractivity contribution is 6.31. The minimum Gasteiger partial charge on any atom is -0.326 e. The van der Waals surface area contributed by atoms with Crippen molar-refractivity contribution in [1.29, 1.82) is 0 Å². The normalized spacial score (nSPS) is 14.5. The van der Waals surface area contributed by atoms with E-state index < -0.39 is 0 Å². The molecule has 2 unspecified atom stereocenters. The first-order valence-electron chi connectivity index (χ1n) is 5.72. The molecule has 2 rings (SSSR count). The lowest BCUT2D eigenvalue weighted by atomic mass is 10.0. The van der Waals surface area contributed by atoms with E-state index in [-0.39, 0.29) is 12.1 Å². The summed E-state index contributed by atoms with van der Waals surface area (Å²) in [4.78, 5) is 0. The lowest BCUT2D eigenvalue weighted by Gasteiger charge is -2.22. The number of nitrogens with two attached hydrogens (primary N) is 1. The third-order valence-electron chi connectivity index (χ3n) is 2.86. The van der Waals surface area contributed by atoms with Crippen molar-refractivity contribution in [2.45, 2.75) is 25.9 Å². The van der Waals surface area contributed by atoms with Crippen LogP contribution in [0.25, 0.3) is 0 Å². The molecule has 0 aliphatic heterocycles. The predicted octanol–water partition coefficient (Wildman–Crippen LogP) is 3.43. The van der Waals surface area contributed by atoms with E-state index in [1.54, 1.807) is 10.9 Å². The molecule has 0 saturated carbocycles. The van der Waals surface area contributed by atoms with E-state index in [1.165, 1.54) is 0 Å². The molecule has 1 aromatic carbocycles. The fourth-order valence-electron chi connectivity index (χ4n) is 1.98. The van der Waals surface area contributed by atoms with E-state index in [0.717, 1.165) is 11.3 Å². The van der Waals surface area contributed by atoms with Crippen LogP contribution in [0, 0.1) is 6.92 Å². The van der Waals surface area contributed by atoms with Gasteiger partial charge in [-0.25, -0.2) is 0 Å². The van der Waals surface area contributed by atoms with Gasteiger partial charge in [-0.1, -0.05) is 41.4 Å². The molecular formula is C13H15Cl2N3. The second kappa shape index (κ2) is 5.31. The van der Waals surface area contributed by atoms with Crippen LogP contribution in [0.15, 0.2) is 30.5 Å². The number of rotatable bonds is 3. The number of benzene rings is 1. The van der Waals surface area contributed by atoms with E-state index in [2.05, 4.69) is 5.10 Å². The maximum atomic E-state index is 6.23. The van der Waals surface area contributed by atoms with Crippen LogP contribution >= 0.6 is 23.2 Å². The van der Waals surface area contributed by atoms with Crippen LogP contribution in [0.2, 0.25) is 10.0 Å². The van der Waals surface area contributed by atoms with Crippen LogP contribution in [-0.4, -0.2) is 15.8 Å². The highest BCUT2D eigenvalue weighted by Crippen LogP contribution is 2.29. The van der Waals surface area contributed by atoms with Crippen molar-refractivity contribution in [3.63, 3.8) is 0 Å². The van der Waals surface area contributed by atoms with Gasteiger partial charge in [-0.05, 0) is 25.5 Å². The van der Waals surface area contributed by atoms with Gasteiger partial charge in [0.05, 0.1) is 16.8 Å². The van der Waals surface area contributed by atoms with E-state index in [4.69, 9.17) is 28.9 Å². The Bertz CT molecular complexity index is 529. The molecular weight excluding hydrogens is 269 g/mol. The molecule has 3 nitrogen and oxygen atoms in total. The Kier molecular flexibility index (Phi) is 3.95. The summed E-state index contributed by atoms with van der Waals surface area (Å²) in [7, 11) is 0.